The van der Waals surface area contributed by atoms with Crippen molar-refractivity contribution in [2.24, 2.45) is 5.41 Å². The quantitative estimate of drug-likeness (QED) is 0.307. The van der Waals surface area contributed by atoms with Gasteiger partial charge in [0.2, 0.25) is 0 Å². The van der Waals surface area contributed by atoms with Gasteiger partial charge >= 0.3 is 5.97 Å². The third-order valence-electron chi connectivity index (χ3n) is 9.14. The van der Waals surface area contributed by atoms with Crippen molar-refractivity contribution in [2.45, 2.75) is 38.8 Å². The van der Waals surface area contributed by atoms with E-state index in [1.807, 2.05) is 45.2 Å². The first-order valence-corrected chi connectivity index (χ1v) is 12.3. The van der Waals surface area contributed by atoms with E-state index in [4.69, 9.17) is 9.47 Å². The number of hydrogen-bond donors (Lipinski definition) is 0. The molecule has 36 heavy (non-hydrogen) atoms. The van der Waals surface area contributed by atoms with Crippen molar-refractivity contribution in [3.8, 4) is 0 Å². The second-order valence-corrected chi connectivity index (χ2v) is 10.8. The van der Waals surface area contributed by atoms with Crippen molar-refractivity contribution in [1.29, 1.82) is 0 Å². The lowest BCUT2D eigenvalue weighted by atomic mass is 9.78. The van der Waals surface area contributed by atoms with Crippen LogP contribution in [-0.2, 0) is 26.5 Å². The fourth-order valence-electron chi connectivity index (χ4n) is 7.35. The number of methoxy groups -OCH3 is 1. The van der Waals surface area contributed by atoms with Crippen LogP contribution in [0.5, 0.6) is 0 Å². The molecule has 0 N–H and O–H groups in total. The topological polar surface area (TPSA) is 65.7 Å². The number of nitrogens with zero attached hydrogens (tertiary/aromatic N) is 3. The second-order valence-electron chi connectivity index (χ2n) is 10.8. The largest absolute Gasteiger partial charge is 0.468 e. The maximum Gasteiger partial charge on any atom is 0.316 e. The predicted molar refractivity (Wildman–Crippen MR) is 137 cm³/mol. The van der Waals surface area contributed by atoms with Crippen LogP contribution in [0.15, 0.2) is 48.5 Å². The van der Waals surface area contributed by atoms with Crippen molar-refractivity contribution in [1.82, 2.24) is 14.0 Å². The van der Waals surface area contributed by atoms with Crippen LogP contribution in [0.4, 0.5) is 0 Å². The molecule has 1 fully saturated rings. The zero-order chi connectivity index (χ0) is 24.7. The molecular weight excluding hydrogens is 454 g/mol. The van der Waals surface area contributed by atoms with Crippen LogP contribution in [0.1, 0.15) is 42.4 Å². The van der Waals surface area contributed by atoms with Gasteiger partial charge in [0.15, 0.2) is 5.72 Å². The standard InChI is InChI=1S/C29H25N3O4/c1-28(27(34)35-4)13-20-31-18-11-7-5-9-15(18)22-23-17(14-30(3)26(23)33)21-16-10-6-8-12-19(16)32(25(21)24(22)31)29(28,2)36-20/h5-12,20H,13-14H2,1-4H3/t20-,28-,29+/m1/s1. The molecule has 3 aliphatic rings. The molecule has 1 saturated heterocycles. The fraction of sp³-hybridized carbons (Fsp3) is 0.310. The summed E-state index contributed by atoms with van der Waals surface area (Å²) in [5, 5.41) is 4.14. The molecule has 7 heteroatoms. The molecule has 8 rings (SSSR count). The van der Waals surface area contributed by atoms with E-state index in [0.29, 0.717) is 13.0 Å². The number of hydrogen-bond acceptors (Lipinski definition) is 4. The highest BCUT2D eigenvalue weighted by molar-refractivity contribution is 6.31. The minimum Gasteiger partial charge on any atom is -0.468 e. The first kappa shape index (κ1) is 20.4. The van der Waals surface area contributed by atoms with Gasteiger partial charge in [-0.25, -0.2) is 0 Å². The van der Waals surface area contributed by atoms with E-state index < -0.39 is 17.4 Å². The average Bonchev–Trinajstić information content (AvgIpc) is 3.54. The number of carbonyl (C=O) groups excluding carboxylic acids is 2. The summed E-state index contributed by atoms with van der Waals surface area (Å²) in [7, 11) is 3.31. The van der Waals surface area contributed by atoms with Crippen LogP contribution in [0, 0.1) is 5.41 Å². The van der Waals surface area contributed by atoms with E-state index in [-0.39, 0.29) is 11.9 Å². The van der Waals surface area contributed by atoms with E-state index in [9.17, 15) is 9.59 Å². The number of fused-ring (bicyclic) bond motifs is 13. The molecule has 0 radical (unpaired) electrons. The average molecular weight is 480 g/mol. The Morgan fingerprint density at radius 1 is 1.00 bits per heavy atom. The highest BCUT2D eigenvalue weighted by atomic mass is 16.6. The van der Waals surface area contributed by atoms with Crippen molar-refractivity contribution < 1.29 is 19.1 Å². The lowest BCUT2D eigenvalue weighted by molar-refractivity contribution is -0.178. The Balaban J connectivity index is 1.73. The molecule has 2 bridgehead atoms. The van der Waals surface area contributed by atoms with Crippen molar-refractivity contribution >= 4 is 55.5 Å². The normalized spacial score (nSPS) is 26.6. The van der Waals surface area contributed by atoms with Crippen LogP contribution >= 0.6 is 0 Å². The molecule has 0 spiro atoms. The number of rotatable bonds is 1. The highest BCUT2D eigenvalue weighted by Gasteiger charge is 2.63. The molecule has 2 aromatic heterocycles. The monoisotopic (exact) mass is 479 g/mol. The van der Waals surface area contributed by atoms with Gasteiger partial charge in [0.05, 0.1) is 34.7 Å². The summed E-state index contributed by atoms with van der Waals surface area (Å²) < 4.78 is 16.8. The van der Waals surface area contributed by atoms with Gasteiger partial charge in [-0.15, -0.1) is 0 Å². The maximum absolute atomic E-state index is 13.6. The molecule has 3 aromatic carbocycles. The minimum atomic E-state index is -0.998. The summed E-state index contributed by atoms with van der Waals surface area (Å²) in [4.78, 5) is 28.9. The third kappa shape index (κ3) is 1.93. The molecule has 0 unspecified atom stereocenters. The Hall–Kier alpha value is -3.84. The molecule has 1 amide bonds. The SMILES string of the molecule is COC(=O)[C@@]1(C)C[C@H]2O[C@]1(C)n1c3ccccc3c3c4c(c5c6ccccc6n2c5c31)C(=O)N(C)C4. The molecule has 3 aliphatic heterocycles. The van der Waals surface area contributed by atoms with Crippen LogP contribution in [0.25, 0.3) is 43.6 Å². The van der Waals surface area contributed by atoms with E-state index in [1.54, 1.807) is 4.90 Å². The summed E-state index contributed by atoms with van der Waals surface area (Å²) in [6.07, 6.45) is 0.0677. The summed E-state index contributed by atoms with van der Waals surface area (Å²) in [5.41, 5.74) is 3.92. The summed E-state index contributed by atoms with van der Waals surface area (Å²) in [5.74, 6) is -0.238. The van der Waals surface area contributed by atoms with Crippen LogP contribution in [0.3, 0.4) is 0 Å². The van der Waals surface area contributed by atoms with Crippen LogP contribution in [0.2, 0.25) is 0 Å². The number of ether oxygens (including phenoxy) is 2. The smallest absolute Gasteiger partial charge is 0.316 e. The Kier molecular flexibility index (Phi) is 3.45. The summed E-state index contributed by atoms with van der Waals surface area (Å²) >= 11 is 0. The lowest BCUT2D eigenvalue weighted by Crippen LogP contribution is -2.48. The number of para-hydroxylation sites is 2. The molecule has 7 nitrogen and oxygen atoms in total. The number of aromatic nitrogens is 2. The fourth-order valence-corrected chi connectivity index (χ4v) is 7.35. The Labute approximate surface area is 206 Å². The van der Waals surface area contributed by atoms with Gasteiger partial charge in [-0.2, -0.15) is 0 Å². The zero-order valence-corrected chi connectivity index (χ0v) is 20.6. The van der Waals surface area contributed by atoms with Crippen molar-refractivity contribution in [2.75, 3.05) is 14.2 Å². The van der Waals surface area contributed by atoms with Gasteiger partial charge in [-0.1, -0.05) is 36.4 Å². The summed E-state index contributed by atoms with van der Waals surface area (Å²) in [6.45, 7) is 4.52. The lowest BCUT2D eigenvalue weighted by Gasteiger charge is -2.39. The minimum absolute atomic E-state index is 0.0487. The number of carbonyl (C=O) groups is 2. The molecule has 0 saturated carbocycles. The van der Waals surface area contributed by atoms with Gasteiger partial charge < -0.3 is 23.5 Å². The third-order valence-corrected chi connectivity index (χ3v) is 9.14. The number of esters is 1. The Bertz CT molecular complexity index is 1860. The van der Waals surface area contributed by atoms with Gasteiger partial charge in [-0.3, -0.25) is 9.59 Å². The molecule has 180 valence electrons. The van der Waals surface area contributed by atoms with Crippen LogP contribution in [-0.4, -0.2) is 40.1 Å². The molecule has 5 heterocycles. The first-order valence-electron chi connectivity index (χ1n) is 12.3. The second kappa shape index (κ2) is 6.10. The molecule has 5 aromatic rings. The Morgan fingerprint density at radius 3 is 2.39 bits per heavy atom. The van der Waals surface area contributed by atoms with E-state index in [1.165, 1.54) is 7.11 Å². The van der Waals surface area contributed by atoms with E-state index >= 15 is 0 Å². The van der Waals surface area contributed by atoms with Gasteiger partial charge in [-0.05, 0) is 31.5 Å². The molecular formula is C29H25N3O4. The van der Waals surface area contributed by atoms with Gasteiger partial charge in [0, 0.05) is 41.6 Å². The van der Waals surface area contributed by atoms with E-state index in [2.05, 4.69) is 33.4 Å². The highest BCUT2D eigenvalue weighted by Crippen LogP contribution is 2.61. The number of amides is 1. The van der Waals surface area contributed by atoms with Crippen molar-refractivity contribution in [3.63, 3.8) is 0 Å². The Morgan fingerprint density at radius 2 is 1.67 bits per heavy atom. The molecule has 0 aliphatic carbocycles. The first-order chi connectivity index (χ1) is 17.3. The van der Waals surface area contributed by atoms with Crippen molar-refractivity contribution in [3.05, 3.63) is 59.7 Å². The van der Waals surface area contributed by atoms with E-state index in [0.717, 1.165) is 54.7 Å². The van der Waals surface area contributed by atoms with Gasteiger partial charge in [0.25, 0.3) is 5.91 Å². The zero-order valence-electron chi connectivity index (χ0n) is 20.6. The van der Waals surface area contributed by atoms with Gasteiger partial charge in [0.1, 0.15) is 11.6 Å². The van der Waals surface area contributed by atoms with Crippen LogP contribution < -0.4 is 0 Å². The summed E-state index contributed by atoms with van der Waals surface area (Å²) in [6, 6.07) is 16.5. The molecule has 3 atom stereocenters. The maximum atomic E-state index is 13.6. The predicted octanol–water partition coefficient (Wildman–Crippen LogP) is 5.27. The number of benzene rings is 3.